The van der Waals surface area contributed by atoms with Crippen molar-refractivity contribution >= 4 is 13.3 Å². The molecule has 90 valence electrons. The average Bonchev–Trinajstić information content (AvgIpc) is 2.87. The molecule has 1 aromatic carbocycles. The summed E-state index contributed by atoms with van der Waals surface area (Å²) in [6.07, 6.45) is 8.20. The highest BCUT2D eigenvalue weighted by Gasteiger charge is 2.37. The average molecular weight is 242 g/mol. The number of benzene rings is 1. The molecule has 0 aromatic heterocycles. The standard InChI is InChI=1S/C16H22Si/c1-4-14-10-9-13-16(14)17(3,5-2)15-11-7-6-8-12-15/h6-13,16H,4-5H2,1-3H3. The summed E-state index contributed by atoms with van der Waals surface area (Å²) in [4.78, 5) is 0. The van der Waals surface area contributed by atoms with Gasteiger partial charge < -0.3 is 0 Å². The minimum absolute atomic E-state index is 0.708. The van der Waals surface area contributed by atoms with Crippen molar-refractivity contribution in [2.75, 3.05) is 0 Å². The Labute approximate surface area is 106 Å². The van der Waals surface area contributed by atoms with Gasteiger partial charge in [0.2, 0.25) is 0 Å². The maximum atomic E-state index is 2.53. The molecule has 0 nitrogen and oxygen atoms in total. The van der Waals surface area contributed by atoms with Crippen LogP contribution in [-0.4, -0.2) is 8.07 Å². The molecule has 0 bridgehead atoms. The first-order chi connectivity index (χ1) is 8.22. The monoisotopic (exact) mass is 242 g/mol. The zero-order chi connectivity index (χ0) is 12.3. The van der Waals surface area contributed by atoms with Gasteiger partial charge in [0.25, 0.3) is 0 Å². The molecule has 0 fully saturated rings. The molecule has 1 aliphatic rings. The van der Waals surface area contributed by atoms with Gasteiger partial charge in [-0.05, 0) is 12.0 Å². The second-order valence-electron chi connectivity index (χ2n) is 5.09. The van der Waals surface area contributed by atoms with Crippen LogP contribution in [0.5, 0.6) is 0 Å². The van der Waals surface area contributed by atoms with Crippen LogP contribution in [0.3, 0.4) is 0 Å². The van der Waals surface area contributed by atoms with Gasteiger partial charge in [-0.15, -0.1) is 0 Å². The molecule has 1 aromatic rings. The molecular formula is C16H22Si. The first kappa shape index (κ1) is 12.4. The van der Waals surface area contributed by atoms with Crippen LogP contribution in [0.2, 0.25) is 18.1 Å². The van der Waals surface area contributed by atoms with Gasteiger partial charge in [-0.3, -0.25) is 0 Å². The smallest absolute Gasteiger partial charge is 0.0797 e. The van der Waals surface area contributed by atoms with Crippen LogP contribution in [0.25, 0.3) is 0 Å². The van der Waals surface area contributed by atoms with E-state index in [1.54, 1.807) is 10.8 Å². The van der Waals surface area contributed by atoms with Crippen molar-refractivity contribution < 1.29 is 0 Å². The van der Waals surface area contributed by atoms with Crippen LogP contribution in [-0.2, 0) is 0 Å². The van der Waals surface area contributed by atoms with Crippen molar-refractivity contribution in [3.05, 3.63) is 54.1 Å². The van der Waals surface area contributed by atoms with Gasteiger partial charge in [0.1, 0.15) is 0 Å². The van der Waals surface area contributed by atoms with Crippen molar-refractivity contribution in [2.45, 2.75) is 38.4 Å². The Bertz CT molecular complexity index is 430. The third kappa shape index (κ3) is 2.16. The van der Waals surface area contributed by atoms with Crippen molar-refractivity contribution in [3.63, 3.8) is 0 Å². The van der Waals surface area contributed by atoms with Crippen LogP contribution < -0.4 is 5.19 Å². The van der Waals surface area contributed by atoms with Gasteiger partial charge >= 0.3 is 0 Å². The Balaban J connectivity index is 2.39. The minimum Gasteiger partial charge on any atom is -0.0797 e. The number of hydrogen-bond donors (Lipinski definition) is 0. The first-order valence-corrected chi connectivity index (χ1v) is 9.43. The third-order valence-corrected chi connectivity index (χ3v) is 9.33. The lowest BCUT2D eigenvalue weighted by molar-refractivity contribution is 1.01. The summed E-state index contributed by atoms with van der Waals surface area (Å²) < 4.78 is 0. The van der Waals surface area contributed by atoms with Crippen LogP contribution in [0, 0.1) is 0 Å². The molecule has 0 saturated carbocycles. The molecule has 1 heteroatoms. The minimum atomic E-state index is -1.41. The molecule has 1 aliphatic carbocycles. The highest BCUT2D eigenvalue weighted by molar-refractivity contribution is 6.92. The zero-order valence-electron chi connectivity index (χ0n) is 11.1. The van der Waals surface area contributed by atoms with E-state index in [2.05, 4.69) is 69.0 Å². The quantitative estimate of drug-likeness (QED) is 0.692. The molecule has 0 radical (unpaired) electrons. The molecule has 0 aliphatic heterocycles. The zero-order valence-corrected chi connectivity index (χ0v) is 12.1. The van der Waals surface area contributed by atoms with E-state index in [9.17, 15) is 0 Å². The lowest BCUT2D eigenvalue weighted by Gasteiger charge is -2.34. The summed E-state index contributed by atoms with van der Waals surface area (Å²) in [5.41, 5.74) is 2.34. The fourth-order valence-electron chi connectivity index (χ4n) is 2.90. The molecular weight excluding hydrogens is 220 g/mol. The summed E-state index contributed by atoms with van der Waals surface area (Å²) in [6, 6.07) is 12.5. The second kappa shape index (κ2) is 5.05. The Morgan fingerprint density at radius 2 is 1.82 bits per heavy atom. The maximum Gasteiger partial charge on any atom is 0.0942 e. The summed E-state index contributed by atoms with van der Waals surface area (Å²) in [5, 5.41) is 1.60. The Morgan fingerprint density at radius 1 is 1.12 bits per heavy atom. The molecule has 2 rings (SSSR count). The maximum absolute atomic E-state index is 2.53. The number of allylic oxidation sites excluding steroid dienone is 4. The van der Waals surface area contributed by atoms with E-state index in [1.165, 1.54) is 12.5 Å². The lowest BCUT2D eigenvalue weighted by Crippen LogP contribution is -2.48. The topological polar surface area (TPSA) is 0 Å². The molecule has 2 atom stereocenters. The molecule has 2 unspecified atom stereocenters. The van der Waals surface area contributed by atoms with Gasteiger partial charge in [0, 0.05) is 0 Å². The van der Waals surface area contributed by atoms with E-state index in [1.807, 2.05) is 0 Å². The molecule has 0 amide bonds. The van der Waals surface area contributed by atoms with Crippen LogP contribution >= 0.6 is 0 Å². The van der Waals surface area contributed by atoms with Gasteiger partial charge in [0.05, 0.1) is 8.07 Å². The van der Waals surface area contributed by atoms with E-state index in [4.69, 9.17) is 0 Å². The van der Waals surface area contributed by atoms with E-state index in [0.29, 0.717) is 5.54 Å². The van der Waals surface area contributed by atoms with Crippen LogP contribution in [0.1, 0.15) is 20.3 Å². The number of rotatable bonds is 4. The SMILES string of the molecule is CCC1=CC=CC1[Si](C)(CC)c1ccccc1. The summed E-state index contributed by atoms with van der Waals surface area (Å²) >= 11 is 0. The fourth-order valence-corrected chi connectivity index (χ4v) is 6.72. The van der Waals surface area contributed by atoms with E-state index < -0.39 is 8.07 Å². The Morgan fingerprint density at radius 3 is 2.41 bits per heavy atom. The Kier molecular flexibility index (Phi) is 3.68. The van der Waals surface area contributed by atoms with Crippen LogP contribution in [0.4, 0.5) is 0 Å². The van der Waals surface area contributed by atoms with Crippen molar-refractivity contribution in [3.8, 4) is 0 Å². The highest BCUT2D eigenvalue weighted by Crippen LogP contribution is 2.38. The second-order valence-corrected chi connectivity index (χ2v) is 9.84. The van der Waals surface area contributed by atoms with Gasteiger partial charge in [-0.25, -0.2) is 0 Å². The predicted octanol–water partition coefficient (Wildman–Crippen LogP) is 4.27. The van der Waals surface area contributed by atoms with Gasteiger partial charge in [-0.2, -0.15) is 0 Å². The largest absolute Gasteiger partial charge is 0.0942 e. The fraction of sp³-hybridized carbons (Fsp3) is 0.375. The van der Waals surface area contributed by atoms with Crippen LogP contribution in [0.15, 0.2) is 54.1 Å². The summed E-state index contributed by atoms with van der Waals surface area (Å²) in [5.74, 6) is 0. The molecule has 0 N–H and O–H groups in total. The number of hydrogen-bond acceptors (Lipinski definition) is 0. The Hall–Kier alpha value is -1.08. The van der Waals surface area contributed by atoms with E-state index in [0.717, 1.165) is 0 Å². The molecule has 0 heterocycles. The highest BCUT2D eigenvalue weighted by atomic mass is 28.3. The van der Waals surface area contributed by atoms with E-state index in [-0.39, 0.29) is 0 Å². The normalized spacial score (nSPS) is 22.3. The summed E-state index contributed by atoms with van der Waals surface area (Å²) in [7, 11) is -1.41. The summed E-state index contributed by atoms with van der Waals surface area (Å²) in [6.45, 7) is 7.17. The lowest BCUT2D eigenvalue weighted by atomic mass is 10.2. The van der Waals surface area contributed by atoms with Gasteiger partial charge in [-0.1, -0.05) is 85.8 Å². The van der Waals surface area contributed by atoms with Crippen molar-refractivity contribution in [1.82, 2.24) is 0 Å². The van der Waals surface area contributed by atoms with Crippen molar-refractivity contribution in [2.24, 2.45) is 0 Å². The molecule has 0 spiro atoms. The van der Waals surface area contributed by atoms with E-state index >= 15 is 0 Å². The predicted molar refractivity (Wildman–Crippen MR) is 79.4 cm³/mol. The molecule has 0 saturated heterocycles. The molecule has 17 heavy (non-hydrogen) atoms. The van der Waals surface area contributed by atoms with Gasteiger partial charge in [0.15, 0.2) is 0 Å². The third-order valence-electron chi connectivity index (χ3n) is 4.28. The first-order valence-electron chi connectivity index (χ1n) is 6.65. The van der Waals surface area contributed by atoms with Crippen molar-refractivity contribution in [1.29, 1.82) is 0 Å².